The Morgan fingerprint density at radius 1 is 1.35 bits per heavy atom. The molecule has 0 aliphatic heterocycles. The Labute approximate surface area is 126 Å². The molecule has 1 N–H and O–H groups in total. The van der Waals surface area contributed by atoms with Crippen molar-refractivity contribution in [3.8, 4) is 0 Å². The molecule has 1 aromatic carbocycles. The van der Waals surface area contributed by atoms with Gasteiger partial charge in [0.15, 0.2) is 0 Å². The number of hydrogen-bond acceptors (Lipinski definition) is 2. The van der Waals surface area contributed by atoms with Crippen LogP contribution in [0.4, 0.5) is 0 Å². The molecule has 1 amide bonds. The van der Waals surface area contributed by atoms with E-state index < -0.39 is 5.38 Å². The molecule has 110 valence electrons. The zero-order valence-electron chi connectivity index (χ0n) is 12.0. The largest absolute Gasteiger partial charge is 0.353 e. The van der Waals surface area contributed by atoms with Crippen LogP contribution in [0.5, 0.6) is 0 Å². The number of alkyl halides is 1. The number of halogens is 1. The summed E-state index contributed by atoms with van der Waals surface area (Å²) in [6.07, 6.45) is 5.23. The van der Waals surface area contributed by atoms with Crippen molar-refractivity contribution >= 4 is 17.5 Å². The number of carbonyl (C=O) groups excluding carboxylic acids is 1. The zero-order valence-corrected chi connectivity index (χ0v) is 12.8. The summed E-state index contributed by atoms with van der Waals surface area (Å²) in [5.74, 6) is -0.113. The van der Waals surface area contributed by atoms with Crippen molar-refractivity contribution in [2.45, 2.75) is 37.1 Å². The Morgan fingerprint density at radius 2 is 2.00 bits per heavy atom. The second-order valence-electron chi connectivity index (χ2n) is 5.48. The first-order chi connectivity index (χ1) is 9.68. The molecule has 1 aliphatic rings. The van der Waals surface area contributed by atoms with Crippen LogP contribution in [-0.4, -0.2) is 37.0 Å². The second kappa shape index (κ2) is 7.65. The van der Waals surface area contributed by atoms with Gasteiger partial charge in [0.25, 0.3) is 0 Å². The maximum Gasteiger partial charge on any atom is 0.242 e. The summed E-state index contributed by atoms with van der Waals surface area (Å²) >= 11 is 6.17. The number of carbonyl (C=O) groups is 1. The van der Waals surface area contributed by atoms with Gasteiger partial charge in [0.2, 0.25) is 5.91 Å². The fourth-order valence-corrected chi connectivity index (χ4v) is 2.97. The van der Waals surface area contributed by atoms with Gasteiger partial charge in [-0.25, -0.2) is 0 Å². The average molecular weight is 295 g/mol. The summed E-state index contributed by atoms with van der Waals surface area (Å²) in [5, 5.41) is 2.32. The summed E-state index contributed by atoms with van der Waals surface area (Å²) in [6, 6.07) is 10.1. The van der Waals surface area contributed by atoms with Gasteiger partial charge in [0.05, 0.1) is 0 Å². The molecule has 2 rings (SSSR count). The third-order valence-corrected chi connectivity index (χ3v) is 4.48. The second-order valence-corrected chi connectivity index (χ2v) is 5.92. The average Bonchev–Trinajstić information content (AvgIpc) is 3.01. The number of likely N-dealkylation sites (N-methyl/N-ethyl adjacent to an activating group) is 1. The van der Waals surface area contributed by atoms with E-state index in [-0.39, 0.29) is 5.91 Å². The van der Waals surface area contributed by atoms with E-state index in [1.807, 2.05) is 30.3 Å². The molecule has 0 aromatic heterocycles. The summed E-state index contributed by atoms with van der Waals surface area (Å²) < 4.78 is 0. The molecule has 0 heterocycles. The van der Waals surface area contributed by atoms with E-state index >= 15 is 0 Å². The van der Waals surface area contributed by atoms with Crippen LogP contribution >= 0.6 is 11.6 Å². The van der Waals surface area contributed by atoms with E-state index in [0.717, 1.165) is 12.1 Å². The number of rotatable bonds is 6. The Morgan fingerprint density at radius 3 is 2.65 bits per heavy atom. The Balaban J connectivity index is 1.72. The van der Waals surface area contributed by atoms with E-state index in [1.54, 1.807) is 0 Å². The minimum absolute atomic E-state index is 0.113. The predicted octanol–water partition coefficient (Wildman–Crippen LogP) is 2.96. The molecule has 4 heteroatoms. The van der Waals surface area contributed by atoms with Gasteiger partial charge < -0.3 is 10.2 Å². The summed E-state index contributed by atoms with van der Waals surface area (Å²) in [4.78, 5) is 14.3. The molecule has 0 bridgehead atoms. The molecular weight excluding hydrogens is 272 g/mol. The molecular formula is C16H23ClN2O. The fraction of sp³-hybridized carbons (Fsp3) is 0.562. The van der Waals surface area contributed by atoms with Gasteiger partial charge >= 0.3 is 0 Å². The van der Waals surface area contributed by atoms with Crippen LogP contribution in [-0.2, 0) is 4.79 Å². The molecule has 0 saturated heterocycles. The molecule has 1 atom stereocenters. The van der Waals surface area contributed by atoms with E-state index in [9.17, 15) is 4.79 Å². The fourth-order valence-electron chi connectivity index (χ4n) is 2.75. The highest BCUT2D eigenvalue weighted by Gasteiger charge is 2.20. The van der Waals surface area contributed by atoms with Crippen molar-refractivity contribution in [2.24, 2.45) is 0 Å². The normalized spacial score (nSPS) is 17.4. The lowest BCUT2D eigenvalue weighted by molar-refractivity contribution is -0.120. The third-order valence-electron chi connectivity index (χ3n) is 4.03. The van der Waals surface area contributed by atoms with Crippen molar-refractivity contribution in [2.75, 3.05) is 20.1 Å². The monoisotopic (exact) mass is 294 g/mol. The SMILES string of the molecule is CN(CCNC(=O)C(Cl)c1ccccc1)C1CCCC1. The summed E-state index contributed by atoms with van der Waals surface area (Å²) in [5.41, 5.74) is 0.843. The molecule has 1 aliphatic carbocycles. The molecule has 1 fully saturated rings. The molecule has 3 nitrogen and oxygen atoms in total. The third kappa shape index (κ3) is 4.22. The molecule has 1 saturated carbocycles. The van der Waals surface area contributed by atoms with Crippen LogP contribution in [0.15, 0.2) is 30.3 Å². The highest BCUT2D eigenvalue weighted by molar-refractivity contribution is 6.30. The minimum Gasteiger partial charge on any atom is -0.353 e. The highest BCUT2D eigenvalue weighted by atomic mass is 35.5. The number of nitrogens with one attached hydrogen (secondary N) is 1. The number of amides is 1. The van der Waals surface area contributed by atoms with Gasteiger partial charge in [-0.05, 0) is 25.5 Å². The standard InChI is InChI=1S/C16H23ClN2O/c1-19(14-9-5-6-10-14)12-11-18-16(20)15(17)13-7-3-2-4-8-13/h2-4,7-8,14-15H,5-6,9-12H2,1H3,(H,18,20). The van der Waals surface area contributed by atoms with Crippen LogP contribution in [0.25, 0.3) is 0 Å². The zero-order chi connectivity index (χ0) is 14.4. The van der Waals surface area contributed by atoms with Crippen molar-refractivity contribution in [3.63, 3.8) is 0 Å². The molecule has 1 aromatic rings. The van der Waals surface area contributed by atoms with E-state index in [2.05, 4.69) is 17.3 Å². The van der Waals surface area contributed by atoms with Crippen molar-refractivity contribution < 1.29 is 4.79 Å². The van der Waals surface area contributed by atoms with E-state index in [0.29, 0.717) is 12.6 Å². The van der Waals surface area contributed by atoms with Gasteiger partial charge in [0, 0.05) is 19.1 Å². The van der Waals surface area contributed by atoms with Crippen LogP contribution in [0.2, 0.25) is 0 Å². The lowest BCUT2D eigenvalue weighted by Crippen LogP contribution is -2.38. The van der Waals surface area contributed by atoms with Gasteiger partial charge in [-0.2, -0.15) is 0 Å². The lowest BCUT2D eigenvalue weighted by atomic mass is 10.1. The molecule has 1 unspecified atom stereocenters. The Hall–Kier alpha value is -1.06. The van der Waals surface area contributed by atoms with Gasteiger partial charge in [-0.3, -0.25) is 4.79 Å². The maximum absolute atomic E-state index is 12.0. The van der Waals surface area contributed by atoms with E-state index in [1.165, 1.54) is 25.7 Å². The number of benzene rings is 1. The van der Waals surface area contributed by atoms with Gasteiger partial charge in [0.1, 0.15) is 5.38 Å². The van der Waals surface area contributed by atoms with Gasteiger partial charge in [-0.1, -0.05) is 43.2 Å². The van der Waals surface area contributed by atoms with Crippen LogP contribution in [0.1, 0.15) is 36.6 Å². The highest BCUT2D eigenvalue weighted by Crippen LogP contribution is 2.22. The Kier molecular flexibility index (Phi) is 5.86. The van der Waals surface area contributed by atoms with Crippen LogP contribution in [0, 0.1) is 0 Å². The van der Waals surface area contributed by atoms with E-state index in [4.69, 9.17) is 11.6 Å². The molecule has 0 radical (unpaired) electrons. The number of nitrogens with zero attached hydrogens (tertiary/aromatic N) is 1. The van der Waals surface area contributed by atoms with Crippen molar-refractivity contribution in [3.05, 3.63) is 35.9 Å². The number of hydrogen-bond donors (Lipinski definition) is 1. The topological polar surface area (TPSA) is 32.3 Å². The van der Waals surface area contributed by atoms with Crippen molar-refractivity contribution in [1.29, 1.82) is 0 Å². The first kappa shape index (κ1) is 15.3. The first-order valence-electron chi connectivity index (χ1n) is 7.35. The predicted molar refractivity (Wildman–Crippen MR) is 82.9 cm³/mol. The smallest absolute Gasteiger partial charge is 0.242 e. The molecule has 0 spiro atoms. The Bertz CT molecular complexity index is 418. The van der Waals surface area contributed by atoms with Gasteiger partial charge in [-0.15, -0.1) is 11.6 Å². The first-order valence-corrected chi connectivity index (χ1v) is 7.79. The summed E-state index contributed by atoms with van der Waals surface area (Å²) in [7, 11) is 2.14. The van der Waals surface area contributed by atoms with Crippen LogP contribution in [0.3, 0.4) is 0 Å². The quantitative estimate of drug-likeness (QED) is 0.818. The lowest BCUT2D eigenvalue weighted by Gasteiger charge is -2.24. The van der Waals surface area contributed by atoms with Crippen LogP contribution < -0.4 is 5.32 Å². The summed E-state index contributed by atoms with van der Waals surface area (Å²) in [6.45, 7) is 1.54. The van der Waals surface area contributed by atoms with Crippen molar-refractivity contribution in [1.82, 2.24) is 10.2 Å². The molecule has 20 heavy (non-hydrogen) atoms. The maximum atomic E-state index is 12.0. The minimum atomic E-state index is -0.604.